The van der Waals surface area contributed by atoms with Gasteiger partial charge in [-0.1, -0.05) is 18.2 Å². The van der Waals surface area contributed by atoms with Crippen molar-refractivity contribution >= 4 is 40.4 Å². The molecule has 3 aromatic rings. The summed E-state index contributed by atoms with van der Waals surface area (Å²) in [6.07, 6.45) is 1.42. The third-order valence-corrected chi connectivity index (χ3v) is 5.56. The van der Waals surface area contributed by atoms with E-state index in [-0.39, 0.29) is 28.4 Å². The van der Waals surface area contributed by atoms with Crippen molar-refractivity contribution < 1.29 is 23.9 Å². The maximum Gasteiger partial charge on any atom is 0.293 e. The number of nitro benzene ring substituents is 2. The van der Waals surface area contributed by atoms with Gasteiger partial charge in [-0.2, -0.15) is 0 Å². The summed E-state index contributed by atoms with van der Waals surface area (Å²) < 4.78 is 5.69. The van der Waals surface area contributed by atoms with Crippen LogP contribution in [0.5, 0.6) is 0 Å². The number of para-hydroxylation sites is 1. The van der Waals surface area contributed by atoms with Gasteiger partial charge >= 0.3 is 0 Å². The first-order valence-electron chi connectivity index (χ1n) is 9.16. The number of benzene rings is 2. The molecule has 0 aliphatic carbocycles. The van der Waals surface area contributed by atoms with Crippen LogP contribution in [0.25, 0.3) is 17.4 Å². The fourth-order valence-corrected chi connectivity index (χ4v) is 3.91. The Morgan fingerprint density at radius 3 is 2.34 bits per heavy atom. The molecule has 1 aliphatic rings. The van der Waals surface area contributed by atoms with E-state index in [2.05, 4.69) is 0 Å². The third kappa shape index (κ3) is 4.14. The van der Waals surface area contributed by atoms with Crippen molar-refractivity contribution in [2.75, 3.05) is 0 Å². The fourth-order valence-electron chi connectivity index (χ4n) is 3.09. The van der Waals surface area contributed by atoms with Crippen LogP contribution in [0, 0.1) is 20.2 Å². The predicted molar refractivity (Wildman–Crippen MR) is 115 cm³/mol. The van der Waals surface area contributed by atoms with Gasteiger partial charge in [-0.25, -0.2) is 0 Å². The Labute approximate surface area is 184 Å². The Bertz CT molecular complexity index is 1280. The average Bonchev–Trinajstić information content (AvgIpc) is 3.34. The number of nitrogens with zero attached hydrogens (tertiary/aromatic N) is 3. The lowest BCUT2D eigenvalue weighted by Crippen LogP contribution is -2.27. The standard InChI is InChI=1S/C21H13N3O7S/c25-20-19(32-21(26)22(20)12-14-3-1-2-4-17(14)24(29)30)11-16-9-10-18(31-16)13-5-7-15(8-6-13)23(27)28/h1-11H,12H2/b19-11+. The number of non-ortho nitro benzene ring substituents is 1. The molecule has 0 atom stereocenters. The molecule has 1 aliphatic heterocycles. The SMILES string of the molecule is O=C1S/C(=C/c2ccc(-c3ccc([N+](=O)[O-])cc3)o2)C(=O)N1Cc1ccccc1[N+](=O)[O-]. The third-order valence-electron chi connectivity index (χ3n) is 4.65. The van der Waals surface area contributed by atoms with Gasteiger partial charge in [0.05, 0.1) is 21.3 Å². The van der Waals surface area contributed by atoms with E-state index in [1.807, 2.05) is 0 Å². The van der Waals surface area contributed by atoms with Crippen LogP contribution in [0.3, 0.4) is 0 Å². The van der Waals surface area contributed by atoms with Gasteiger partial charge in [-0.05, 0) is 36.0 Å². The first-order chi connectivity index (χ1) is 15.3. The maximum absolute atomic E-state index is 12.7. The highest BCUT2D eigenvalue weighted by Crippen LogP contribution is 2.35. The number of hydrogen-bond acceptors (Lipinski definition) is 8. The van der Waals surface area contributed by atoms with Crippen molar-refractivity contribution in [1.82, 2.24) is 4.90 Å². The van der Waals surface area contributed by atoms with Crippen LogP contribution < -0.4 is 0 Å². The van der Waals surface area contributed by atoms with Crippen LogP contribution in [-0.4, -0.2) is 25.9 Å². The second kappa shape index (κ2) is 8.47. The van der Waals surface area contributed by atoms with E-state index in [1.54, 1.807) is 30.3 Å². The zero-order valence-corrected chi connectivity index (χ0v) is 17.0. The largest absolute Gasteiger partial charge is 0.457 e. The molecular weight excluding hydrogens is 438 g/mol. The molecule has 0 bridgehead atoms. The minimum Gasteiger partial charge on any atom is -0.457 e. The summed E-state index contributed by atoms with van der Waals surface area (Å²) in [5, 5.41) is 21.4. The number of nitro groups is 2. The van der Waals surface area contributed by atoms with E-state index in [1.165, 1.54) is 36.4 Å². The van der Waals surface area contributed by atoms with Crippen molar-refractivity contribution in [3.8, 4) is 11.3 Å². The highest BCUT2D eigenvalue weighted by atomic mass is 32.2. The normalized spacial score (nSPS) is 14.9. The Hall–Kier alpha value is -4.25. The highest BCUT2D eigenvalue weighted by Gasteiger charge is 2.36. The van der Waals surface area contributed by atoms with Crippen LogP contribution in [0.15, 0.2) is 70.0 Å². The van der Waals surface area contributed by atoms with E-state index in [0.29, 0.717) is 28.8 Å². The molecule has 0 saturated carbocycles. The van der Waals surface area contributed by atoms with E-state index in [4.69, 9.17) is 4.42 Å². The lowest BCUT2D eigenvalue weighted by atomic mass is 10.1. The molecule has 160 valence electrons. The molecule has 0 N–H and O–H groups in total. The van der Waals surface area contributed by atoms with E-state index < -0.39 is 21.0 Å². The van der Waals surface area contributed by atoms with Gasteiger partial charge in [-0.15, -0.1) is 0 Å². The molecule has 0 spiro atoms. The summed E-state index contributed by atoms with van der Waals surface area (Å²) in [5.41, 5.74) is 0.640. The maximum atomic E-state index is 12.7. The zero-order chi connectivity index (χ0) is 22.8. The molecule has 1 aromatic heterocycles. The quantitative estimate of drug-likeness (QED) is 0.290. The summed E-state index contributed by atoms with van der Waals surface area (Å²) in [6, 6.07) is 15.0. The fraction of sp³-hybridized carbons (Fsp3) is 0.0476. The van der Waals surface area contributed by atoms with Gasteiger partial charge in [0.1, 0.15) is 11.5 Å². The van der Waals surface area contributed by atoms with Crippen molar-refractivity contribution in [2.45, 2.75) is 6.54 Å². The topological polar surface area (TPSA) is 137 Å². The minimum absolute atomic E-state index is 0.0483. The molecular formula is C21H13N3O7S. The average molecular weight is 451 g/mol. The Morgan fingerprint density at radius 1 is 0.938 bits per heavy atom. The van der Waals surface area contributed by atoms with Crippen molar-refractivity contribution in [3.05, 3.63) is 97.1 Å². The Kier molecular flexibility index (Phi) is 5.56. The van der Waals surface area contributed by atoms with E-state index >= 15 is 0 Å². The summed E-state index contributed by atoms with van der Waals surface area (Å²) in [4.78, 5) is 47.0. The molecule has 1 fully saturated rings. The van der Waals surface area contributed by atoms with Crippen LogP contribution in [0.2, 0.25) is 0 Å². The number of rotatable bonds is 6. The molecule has 0 unspecified atom stereocenters. The number of furan rings is 1. The van der Waals surface area contributed by atoms with Gasteiger partial charge < -0.3 is 4.42 Å². The van der Waals surface area contributed by atoms with Crippen molar-refractivity contribution in [1.29, 1.82) is 0 Å². The molecule has 32 heavy (non-hydrogen) atoms. The number of imide groups is 1. The molecule has 2 amide bonds. The predicted octanol–water partition coefficient (Wildman–Crippen LogP) is 5.00. The van der Waals surface area contributed by atoms with Gasteiger partial charge in [-0.3, -0.25) is 34.7 Å². The molecule has 2 aromatic carbocycles. The Balaban J connectivity index is 1.54. The van der Waals surface area contributed by atoms with Crippen LogP contribution in [0.4, 0.5) is 16.2 Å². The number of thioether (sulfide) groups is 1. The zero-order valence-electron chi connectivity index (χ0n) is 16.2. The minimum atomic E-state index is -0.577. The first kappa shape index (κ1) is 21.0. The van der Waals surface area contributed by atoms with Crippen molar-refractivity contribution in [3.63, 3.8) is 0 Å². The number of hydrogen-bond donors (Lipinski definition) is 0. The van der Waals surface area contributed by atoms with Crippen LogP contribution in [-0.2, 0) is 11.3 Å². The monoisotopic (exact) mass is 451 g/mol. The van der Waals surface area contributed by atoms with E-state index in [0.717, 1.165) is 4.90 Å². The summed E-state index contributed by atoms with van der Waals surface area (Å²) in [6.45, 7) is -0.217. The van der Waals surface area contributed by atoms with Crippen LogP contribution >= 0.6 is 11.8 Å². The molecule has 11 heteroatoms. The summed E-state index contributed by atoms with van der Waals surface area (Å²) in [5.74, 6) is 0.172. The second-order valence-corrected chi connectivity index (χ2v) is 7.65. The van der Waals surface area contributed by atoms with E-state index in [9.17, 15) is 29.8 Å². The highest BCUT2D eigenvalue weighted by molar-refractivity contribution is 8.18. The van der Waals surface area contributed by atoms with Gasteiger partial charge in [0.2, 0.25) is 0 Å². The van der Waals surface area contributed by atoms with Gasteiger partial charge in [0.25, 0.3) is 22.5 Å². The summed E-state index contributed by atoms with van der Waals surface area (Å²) in [7, 11) is 0. The van der Waals surface area contributed by atoms with Crippen LogP contribution in [0.1, 0.15) is 11.3 Å². The molecule has 2 heterocycles. The molecule has 4 rings (SSSR count). The molecule has 10 nitrogen and oxygen atoms in total. The number of amides is 2. The Morgan fingerprint density at radius 2 is 1.66 bits per heavy atom. The molecule has 0 radical (unpaired) electrons. The molecule has 1 saturated heterocycles. The van der Waals surface area contributed by atoms with Crippen molar-refractivity contribution in [2.24, 2.45) is 0 Å². The van der Waals surface area contributed by atoms with Gasteiger partial charge in [0, 0.05) is 35.4 Å². The summed E-state index contributed by atoms with van der Waals surface area (Å²) >= 11 is 0.714. The smallest absolute Gasteiger partial charge is 0.293 e. The van der Waals surface area contributed by atoms with Gasteiger partial charge in [0.15, 0.2) is 0 Å². The number of carbonyl (C=O) groups is 2. The lowest BCUT2D eigenvalue weighted by molar-refractivity contribution is -0.385. The first-order valence-corrected chi connectivity index (χ1v) is 9.97. The number of carbonyl (C=O) groups excluding carboxylic acids is 2. The lowest BCUT2D eigenvalue weighted by Gasteiger charge is -2.12. The second-order valence-electron chi connectivity index (χ2n) is 6.66.